The van der Waals surface area contributed by atoms with Gasteiger partial charge in [-0.3, -0.25) is 4.79 Å². The van der Waals surface area contributed by atoms with E-state index in [1.54, 1.807) is 17.7 Å². The van der Waals surface area contributed by atoms with Gasteiger partial charge in [-0.15, -0.1) is 0 Å². The van der Waals surface area contributed by atoms with Crippen molar-refractivity contribution in [1.29, 1.82) is 0 Å². The van der Waals surface area contributed by atoms with Gasteiger partial charge < -0.3 is 10.3 Å². The van der Waals surface area contributed by atoms with E-state index in [0.717, 1.165) is 11.8 Å². The van der Waals surface area contributed by atoms with Crippen molar-refractivity contribution in [3.63, 3.8) is 0 Å². The summed E-state index contributed by atoms with van der Waals surface area (Å²) in [5.74, 6) is 0. The average molecular weight is 202 g/mol. The molecule has 3 heteroatoms. The maximum atomic E-state index is 11.9. The van der Waals surface area contributed by atoms with Gasteiger partial charge in [-0.2, -0.15) is 0 Å². The molecule has 0 radical (unpaired) electrons. The lowest BCUT2D eigenvalue weighted by Crippen LogP contribution is -2.17. The number of pyridine rings is 1. The van der Waals surface area contributed by atoms with E-state index in [4.69, 9.17) is 5.73 Å². The number of nitrogens with two attached hydrogens (primary N) is 1. The number of nitrogens with zero attached hydrogens (tertiary/aromatic N) is 1. The number of fused-ring (bicyclic) bond motifs is 1. The molecule has 0 saturated heterocycles. The van der Waals surface area contributed by atoms with Crippen molar-refractivity contribution in [2.45, 2.75) is 13.3 Å². The molecule has 0 saturated carbocycles. The molecule has 0 aliphatic rings. The molecule has 1 aromatic heterocycles. The first kappa shape index (κ1) is 9.77. The van der Waals surface area contributed by atoms with Crippen LogP contribution in [-0.2, 0) is 13.5 Å². The fourth-order valence-electron chi connectivity index (χ4n) is 1.85. The third-order valence-corrected chi connectivity index (χ3v) is 2.67. The molecule has 0 aliphatic heterocycles. The Bertz CT molecular complexity index is 570. The van der Waals surface area contributed by atoms with Crippen LogP contribution in [0.3, 0.4) is 0 Å². The zero-order valence-electron chi connectivity index (χ0n) is 8.95. The molecule has 2 N–H and O–H groups in total. The smallest absolute Gasteiger partial charge is 0.258 e. The molecule has 1 aromatic carbocycles. The highest BCUT2D eigenvalue weighted by atomic mass is 16.1. The van der Waals surface area contributed by atoms with Crippen LogP contribution in [0.4, 0.5) is 5.69 Å². The van der Waals surface area contributed by atoms with Crippen LogP contribution >= 0.6 is 0 Å². The van der Waals surface area contributed by atoms with E-state index in [9.17, 15) is 4.79 Å². The molecular formula is C12H14N2O. The maximum Gasteiger partial charge on any atom is 0.258 e. The molecule has 0 unspecified atom stereocenters. The highest BCUT2D eigenvalue weighted by Crippen LogP contribution is 2.18. The van der Waals surface area contributed by atoms with Crippen LogP contribution in [0.2, 0.25) is 0 Å². The number of benzene rings is 1. The fraction of sp³-hybridized carbons (Fsp3) is 0.250. The van der Waals surface area contributed by atoms with Gasteiger partial charge in [0.2, 0.25) is 0 Å². The first-order valence-electron chi connectivity index (χ1n) is 5.01. The van der Waals surface area contributed by atoms with Gasteiger partial charge in [-0.25, -0.2) is 0 Å². The van der Waals surface area contributed by atoms with E-state index in [-0.39, 0.29) is 5.56 Å². The van der Waals surface area contributed by atoms with Crippen molar-refractivity contribution < 1.29 is 0 Å². The summed E-state index contributed by atoms with van der Waals surface area (Å²) in [6, 6.07) is 5.50. The summed E-state index contributed by atoms with van der Waals surface area (Å²) in [5.41, 5.74) is 7.50. The normalized spacial score (nSPS) is 10.8. The van der Waals surface area contributed by atoms with E-state index >= 15 is 0 Å². The van der Waals surface area contributed by atoms with E-state index in [1.807, 2.05) is 18.3 Å². The van der Waals surface area contributed by atoms with Crippen molar-refractivity contribution in [3.8, 4) is 0 Å². The summed E-state index contributed by atoms with van der Waals surface area (Å²) in [5, 5.41) is 1.71. The van der Waals surface area contributed by atoms with E-state index in [2.05, 4.69) is 6.92 Å². The van der Waals surface area contributed by atoms with Crippen molar-refractivity contribution in [2.24, 2.45) is 7.05 Å². The lowest BCUT2D eigenvalue weighted by atomic mass is 10.1. The summed E-state index contributed by atoms with van der Waals surface area (Å²) in [7, 11) is 1.77. The van der Waals surface area contributed by atoms with Gasteiger partial charge in [-0.05, 0) is 29.5 Å². The van der Waals surface area contributed by atoms with Gasteiger partial charge >= 0.3 is 0 Å². The van der Waals surface area contributed by atoms with Crippen LogP contribution in [0.5, 0.6) is 0 Å². The standard InChI is InChI=1S/C12H14N2O/c1-3-8-7-14(2)12(15)11-6-9(13)4-5-10(8)11/h4-7H,3,13H2,1-2H3. The Balaban J connectivity index is 2.96. The highest BCUT2D eigenvalue weighted by Gasteiger charge is 2.05. The second-order valence-electron chi connectivity index (χ2n) is 3.73. The number of nitrogen functional groups attached to an aromatic ring is 1. The third kappa shape index (κ3) is 1.50. The number of anilines is 1. The van der Waals surface area contributed by atoms with Gasteiger partial charge in [0.1, 0.15) is 0 Å². The largest absolute Gasteiger partial charge is 0.399 e. The predicted octanol–water partition coefficient (Wildman–Crippen LogP) is 1.68. The second-order valence-corrected chi connectivity index (χ2v) is 3.73. The number of hydrogen-bond acceptors (Lipinski definition) is 2. The summed E-state index contributed by atoms with van der Waals surface area (Å²) in [6.45, 7) is 2.08. The number of aromatic nitrogens is 1. The van der Waals surface area contributed by atoms with Gasteiger partial charge in [0.05, 0.1) is 0 Å². The fourth-order valence-corrected chi connectivity index (χ4v) is 1.85. The summed E-state index contributed by atoms with van der Waals surface area (Å²) in [6.07, 6.45) is 2.80. The number of aryl methyl sites for hydroxylation is 2. The van der Waals surface area contributed by atoms with Crippen LogP contribution in [0, 0.1) is 0 Å². The minimum atomic E-state index is 0.00880. The van der Waals surface area contributed by atoms with Crippen molar-refractivity contribution in [3.05, 3.63) is 40.3 Å². The van der Waals surface area contributed by atoms with Crippen LogP contribution in [0.25, 0.3) is 10.8 Å². The molecule has 2 rings (SSSR count). The summed E-state index contributed by atoms with van der Waals surface area (Å²) in [4.78, 5) is 11.9. The zero-order valence-corrected chi connectivity index (χ0v) is 8.95. The van der Waals surface area contributed by atoms with Crippen molar-refractivity contribution in [2.75, 3.05) is 5.73 Å². The lowest BCUT2D eigenvalue weighted by Gasteiger charge is -2.07. The van der Waals surface area contributed by atoms with Crippen molar-refractivity contribution >= 4 is 16.5 Å². The SMILES string of the molecule is CCc1cn(C)c(=O)c2cc(N)ccc12. The molecule has 78 valence electrons. The molecular weight excluding hydrogens is 188 g/mol. The molecule has 0 bridgehead atoms. The Kier molecular flexibility index (Phi) is 2.23. The Labute approximate surface area is 88.1 Å². The molecule has 0 spiro atoms. The van der Waals surface area contributed by atoms with E-state index in [1.165, 1.54) is 5.56 Å². The summed E-state index contributed by atoms with van der Waals surface area (Å²) < 4.78 is 1.61. The van der Waals surface area contributed by atoms with E-state index < -0.39 is 0 Å². The van der Waals surface area contributed by atoms with Crippen LogP contribution in [-0.4, -0.2) is 4.57 Å². The quantitative estimate of drug-likeness (QED) is 0.715. The predicted molar refractivity (Wildman–Crippen MR) is 63.0 cm³/mol. The molecule has 0 aliphatic carbocycles. The number of hydrogen-bond donors (Lipinski definition) is 1. The van der Waals surface area contributed by atoms with Crippen LogP contribution in [0.1, 0.15) is 12.5 Å². The van der Waals surface area contributed by atoms with Crippen LogP contribution < -0.4 is 11.3 Å². The molecule has 0 atom stereocenters. The van der Waals surface area contributed by atoms with Crippen LogP contribution in [0.15, 0.2) is 29.2 Å². The molecule has 0 amide bonds. The molecule has 0 fully saturated rings. The Morgan fingerprint density at radius 1 is 1.33 bits per heavy atom. The third-order valence-electron chi connectivity index (χ3n) is 2.67. The van der Waals surface area contributed by atoms with Gasteiger partial charge in [0.15, 0.2) is 0 Å². The average Bonchev–Trinajstić information content (AvgIpc) is 2.23. The number of rotatable bonds is 1. The van der Waals surface area contributed by atoms with E-state index in [0.29, 0.717) is 11.1 Å². The first-order valence-corrected chi connectivity index (χ1v) is 5.01. The highest BCUT2D eigenvalue weighted by molar-refractivity contribution is 5.87. The zero-order chi connectivity index (χ0) is 11.0. The lowest BCUT2D eigenvalue weighted by molar-refractivity contribution is 0.857. The maximum absolute atomic E-state index is 11.9. The first-order chi connectivity index (χ1) is 7.13. The summed E-state index contributed by atoms with van der Waals surface area (Å²) >= 11 is 0. The minimum Gasteiger partial charge on any atom is -0.399 e. The van der Waals surface area contributed by atoms with Gasteiger partial charge in [0.25, 0.3) is 5.56 Å². The Morgan fingerprint density at radius 2 is 2.07 bits per heavy atom. The molecule has 15 heavy (non-hydrogen) atoms. The molecule has 3 nitrogen and oxygen atoms in total. The molecule has 1 heterocycles. The Morgan fingerprint density at radius 3 is 2.73 bits per heavy atom. The Hall–Kier alpha value is -1.77. The molecule has 2 aromatic rings. The minimum absolute atomic E-state index is 0.00880. The van der Waals surface area contributed by atoms with Crippen molar-refractivity contribution in [1.82, 2.24) is 4.57 Å². The topological polar surface area (TPSA) is 48.0 Å². The van der Waals surface area contributed by atoms with Gasteiger partial charge in [-0.1, -0.05) is 13.0 Å². The second kappa shape index (κ2) is 3.42. The van der Waals surface area contributed by atoms with Gasteiger partial charge in [0, 0.05) is 24.3 Å². The monoisotopic (exact) mass is 202 g/mol.